The maximum atomic E-state index is 11.6. The lowest BCUT2D eigenvalue weighted by atomic mass is 9.92. The lowest BCUT2D eigenvalue weighted by Crippen LogP contribution is -2.15. The van der Waals surface area contributed by atoms with Crippen LogP contribution in [0.4, 0.5) is 0 Å². The average Bonchev–Trinajstić information content (AvgIpc) is 2.51. The summed E-state index contributed by atoms with van der Waals surface area (Å²) >= 11 is 6.09. The molecule has 7 heteroatoms. The monoisotopic (exact) mass is 312 g/mol. The van der Waals surface area contributed by atoms with Crippen LogP contribution >= 0.6 is 22.3 Å². The number of aryl methyl sites for hydroxylation is 1. The largest absolute Gasteiger partial charge is 0.266 e. The Hall–Kier alpha value is -0.260. The normalized spacial score (nSPS) is 13.0. The van der Waals surface area contributed by atoms with Crippen LogP contribution in [0.5, 0.6) is 0 Å². The Morgan fingerprint density at radius 3 is 2.22 bits per heavy atom. The van der Waals surface area contributed by atoms with Crippen molar-refractivity contribution in [3.8, 4) is 0 Å². The van der Waals surface area contributed by atoms with Crippen LogP contribution in [-0.4, -0.2) is 18.2 Å². The molecule has 0 saturated carbocycles. The summed E-state index contributed by atoms with van der Waals surface area (Å²) in [6.45, 7) is 8.26. The first kappa shape index (κ1) is 15.8. The van der Waals surface area contributed by atoms with Gasteiger partial charge in [0, 0.05) is 22.6 Å². The van der Waals surface area contributed by atoms with Gasteiger partial charge in [0.2, 0.25) is 0 Å². The molecule has 104 valence electrons. The summed E-state index contributed by atoms with van der Waals surface area (Å²) in [7, 11) is 1.56. The number of nitrogens with zero attached hydrogens (tertiary/aromatic N) is 2. The topological polar surface area (TPSA) is 52.0 Å². The predicted molar refractivity (Wildman–Crippen MR) is 73.9 cm³/mol. The minimum Gasteiger partial charge on any atom is -0.252 e. The van der Waals surface area contributed by atoms with Crippen molar-refractivity contribution in [2.24, 2.45) is 0 Å². The Morgan fingerprint density at radius 1 is 1.33 bits per heavy atom. The SMILES string of the molecule is CCCCn1nc(C(C)(C)C)c(S(=O)(=O)Cl)c1Cl. The molecule has 0 radical (unpaired) electrons. The molecule has 0 unspecified atom stereocenters. The summed E-state index contributed by atoms with van der Waals surface area (Å²) in [6, 6.07) is 0. The molecule has 1 rings (SSSR count). The molecule has 0 amide bonds. The first-order valence-electron chi connectivity index (χ1n) is 5.80. The molecule has 0 aromatic carbocycles. The predicted octanol–water partition coefficient (Wildman–Crippen LogP) is 3.56. The van der Waals surface area contributed by atoms with E-state index in [9.17, 15) is 8.42 Å². The molecule has 18 heavy (non-hydrogen) atoms. The van der Waals surface area contributed by atoms with Crippen molar-refractivity contribution in [1.29, 1.82) is 0 Å². The molecule has 0 saturated heterocycles. The molecule has 0 aliphatic heterocycles. The first-order chi connectivity index (χ1) is 8.09. The Bertz CT molecular complexity index is 530. The van der Waals surface area contributed by atoms with E-state index in [2.05, 4.69) is 5.10 Å². The van der Waals surface area contributed by atoms with Gasteiger partial charge in [-0.15, -0.1) is 0 Å². The molecule has 0 aliphatic rings. The lowest BCUT2D eigenvalue weighted by Gasteiger charge is -2.16. The molecular weight excluding hydrogens is 295 g/mol. The van der Waals surface area contributed by atoms with Crippen LogP contribution in [0.25, 0.3) is 0 Å². The minimum atomic E-state index is -3.89. The summed E-state index contributed by atoms with van der Waals surface area (Å²) in [5.41, 5.74) is -0.0168. The molecule has 1 aromatic rings. The van der Waals surface area contributed by atoms with Crippen LogP contribution in [0, 0.1) is 0 Å². The Balaban J connectivity index is 3.43. The van der Waals surface area contributed by atoms with Gasteiger partial charge < -0.3 is 0 Å². The van der Waals surface area contributed by atoms with E-state index in [-0.39, 0.29) is 10.0 Å². The van der Waals surface area contributed by atoms with Crippen molar-refractivity contribution in [3.63, 3.8) is 0 Å². The van der Waals surface area contributed by atoms with Crippen LogP contribution in [0.1, 0.15) is 46.2 Å². The van der Waals surface area contributed by atoms with Crippen molar-refractivity contribution < 1.29 is 8.42 Å². The van der Waals surface area contributed by atoms with Gasteiger partial charge >= 0.3 is 0 Å². The van der Waals surface area contributed by atoms with E-state index in [0.717, 1.165) is 12.8 Å². The fourth-order valence-electron chi connectivity index (χ4n) is 1.59. The molecule has 4 nitrogen and oxygen atoms in total. The number of hydrogen-bond donors (Lipinski definition) is 0. The van der Waals surface area contributed by atoms with Crippen molar-refractivity contribution in [3.05, 3.63) is 10.8 Å². The van der Waals surface area contributed by atoms with Crippen LogP contribution in [0.15, 0.2) is 4.90 Å². The number of aromatic nitrogens is 2. The molecule has 1 heterocycles. The van der Waals surface area contributed by atoms with E-state index in [4.69, 9.17) is 22.3 Å². The fraction of sp³-hybridized carbons (Fsp3) is 0.727. The van der Waals surface area contributed by atoms with Gasteiger partial charge in [-0.05, 0) is 6.42 Å². The molecule has 0 bridgehead atoms. The summed E-state index contributed by atoms with van der Waals surface area (Å²) < 4.78 is 24.8. The smallest absolute Gasteiger partial charge is 0.252 e. The first-order valence-corrected chi connectivity index (χ1v) is 8.49. The highest BCUT2D eigenvalue weighted by Crippen LogP contribution is 2.35. The molecule has 0 fully saturated rings. The van der Waals surface area contributed by atoms with Gasteiger partial charge in [-0.1, -0.05) is 45.7 Å². The van der Waals surface area contributed by atoms with E-state index >= 15 is 0 Å². The van der Waals surface area contributed by atoms with Gasteiger partial charge in [-0.25, -0.2) is 8.42 Å². The van der Waals surface area contributed by atoms with Crippen molar-refractivity contribution in [2.75, 3.05) is 0 Å². The van der Waals surface area contributed by atoms with Crippen molar-refractivity contribution in [1.82, 2.24) is 9.78 Å². The van der Waals surface area contributed by atoms with E-state index in [1.54, 1.807) is 0 Å². The number of rotatable bonds is 4. The number of halogens is 2. The maximum Gasteiger partial charge on any atom is 0.266 e. The van der Waals surface area contributed by atoms with Crippen molar-refractivity contribution >= 4 is 31.3 Å². The summed E-state index contributed by atoms with van der Waals surface area (Å²) in [6.07, 6.45) is 1.86. The van der Waals surface area contributed by atoms with Crippen LogP contribution in [0.2, 0.25) is 5.15 Å². The van der Waals surface area contributed by atoms with Gasteiger partial charge in [-0.3, -0.25) is 4.68 Å². The van der Waals surface area contributed by atoms with Gasteiger partial charge in [0.05, 0.1) is 5.69 Å². The summed E-state index contributed by atoms with van der Waals surface area (Å²) in [5.74, 6) is 0. The van der Waals surface area contributed by atoms with E-state index in [1.807, 2.05) is 27.7 Å². The number of unbranched alkanes of at least 4 members (excludes halogenated alkanes) is 1. The Morgan fingerprint density at radius 2 is 1.89 bits per heavy atom. The third kappa shape index (κ3) is 3.39. The standard InChI is InChI=1S/C11H18Cl2N2O2S/c1-5-6-7-15-10(12)8(18(13,16)17)9(14-15)11(2,3)4/h5-7H2,1-4H3. The van der Waals surface area contributed by atoms with E-state index in [1.165, 1.54) is 4.68 Å². The second-order valence-corrected chi connectivity index (χ2v) is 8.09. The van der Waals surface area contributed by atoms with Gasteiger partial charge in [0.15, 0.2) is 0 Å². The highest BCUT2D eigenvalue weighted by molar-refractivity contribution is 8.13. The Labute approximate surface area is 118 Å². The van der Waals surface area contributed by atoms with Gasteiger partial charge in [-0.2, -0.15) is 5.10 Å². The Kier molecular flexibility index (Phi) is 4.73. The summed E-state index contributed by atoms with van der Waals surface area (Å²) in [5, 5.41) is 4.41. The highest BCUT2D eigenvalue weighted by Gasteiger charge is 2.32. The maximum absolute atomic E-state index is 11.6. The fourth-order valence-corrected chi connectivity index (χ4v) is 3.55. The molecular formula is C11H18Cl2N2O2S. The third-order valence-corrected chi connectivity index (χ3v) is 4.36. The van der Waals surface area contributed by atoms with Crippen LogP contribution in [0.3, 0.4) is 0 Å². The molecule has 0 aliphatic carbocycles. The second kappa shape index (κ2) is 5.39. The quantitative estimate of drug-likeness (QED) is 0.799. The molecule has 0 spiro atoms. The zero-order valence-electron chi connectivity index (χ0n) is 11.0. The zero-order chi connectivity index (χ0) is 14.1. The lowest BCUT2D eigenvalue weighted by molar-refractivity contribution is 0.515. The molecule has 0 atom stereocenters. The minimum absolute atomic E-state index is 0.0607. The highest BCUT2D eigenvalue weighted by atomic mass is 35.7. The number of hydrogen-bond acceptors (Lipinski definition) is 3. The van der Waals surface area contributed by atoms with E-state index < -0.39 is 14.5 Å². The van der Waals surface area contributed by atoms with E-state index in [0.29, 0.717) is 12.2 Å². The van der Waals surface area contributed by atoms with Crippen LogP contribution in [-0.2, 0) is 21.0 Å². The zero-order valence-corrected chi connectivity index (χ0v) is 13.3. The van der Waals surface area contributed by atoms with Crippen molar-refractivity contribution in [2.45, 2.75) is 57.4 Å². The second-order valence-electron chi connectivity index (χ2n) is 5.23. The molecule has 1 aromatic heterocycles. The average molecular weight is 313 g/mol. The van der Waals surface area contributed by atoms with Gasteiger partial charge in [0.25, 0.3) is 9.05 Å². The van der Waals surface area contributed by atoms with Crippen LogP contribution < -0.4 is 0 Å². The third-order valence-electron chi connectivity index (χ3n) is 2.53. The van der Waals surface area contributed by atoms with Gasteiger partial charge in [0.1, 0.15) is 10.0 Å². The summed E-state index contributed by atoms with van der Waals surface area (Å²) in [4.78, 5) is -0.0607. The molecule has 0 N–H and O–H groups in total.